The summed E-state index contributed by atoms with van der Waals surface area (Å²) in [5, 5.41) is 0.872. The molecule has 0 aromatic heterocycles. The summed E-state index contributed by atoms with van der Waals surface area (Å²) in [5.41, 5.74) is 0.443. The SMILES string of the molecule is CC(=O)/C(=C/c1cc(Cl)ccc1Cl)C(=O)OC(C)C. The van der Waals surface area contributed by atoms with Crippen LogP contribution in [0.1, 0.15) is 26.3 Å². The first kappa shape index (κ1) is 15.7. The van der Waals surface area contributed by atoms with Gasteiger partial charge in [-0.1, -0.05) is 23.2 Å². The van der Waals surface area contributed by atoms with Gasteiger partial charge >= 0.3 is 5.97 Å². The molecule has 102 valence electrons. The van der Waals surface area contributed by atoms with E-state index < -0.39 is 5.97 Å². The third-order valence-electron chi connectivity index (χ3n) is 2.20. The van der Waals surface area contributed by atoms with Crippen LogP contribution in [0, 0.1) is 0 Å². The highest BCUT2D eigenvalue weighted by Gasteiger charge is 2.18. The van der Waals surface area contributed by atoms with Crippen molar-refractivity contribution < 1.29 is 14.3 Å². The molecule has 0 aliphatic rings. The van der Waals surface area contributed by atoms with Gasteiger partial charge in [0.15, 0.2) is 5.78 Å². The van der Waals surface area contributed by atoms with Gasteiger partial charge in [0.2, 0.25) is 0 Å². The molecular formula is C14H14Cl2O3. The molecule has 0 spiro atoms. The zero-order valence-electron chi connectivity index (χ0n) is 10.9. The molecule has 0 aliphatic heterocycles. The number of carbonyl (C=O) groups is 2. The second-order valence-electron chi connectivity index (χ2n) is 4.23. The van der Waals surface area contributed by atoms with E-state index >= 15 is 0 Å². The van der Waals surface area contributed by atoms with Crippen LogP contribution in [0.5, 0.6) is 0 Å². The van der Waals surface area contributed by atoms with E-state index in [2.05, 4.69) is 0 Å². The Bertz CT molecular complexity index is 533. The minimum Gasteiger partial charge on any atom is -0.459 e. The molecule has 0 aliphatic carbocycles. The topological polar surface area (TPSA) is 43.4 Å². The first-order chi connectivity index (χ1) is 8.81. The Balaban J connectivity index is 3.18. The standard InChI is InChI=1S/C14H14Cl2O3/c1-8(2)19-14(18)12(9(3)17)7-10-6-11(15)4-5-13(10)16/h4-8H,1-3H3/b12-7-. The van der Waals surface area contributed by atoms with Crippen LogP contribution >= 0.6 is 23.2 Å². The molecule has 0 bridgehead atoms. The van der Waals surface area contributed by atoms with Gasteiger partial charge in [0.05, 0.1) is 6.10 Å². The van der Waals surface area contributed by atoms with Gasteiger partial charge in [-0.15, -0.1) is 0 Å². The first-order valence-electron chi connectivity index (χ1n) is 5.70. The maximum Gasteiger partial charge on any atom is 0.342 e. The summed E-state index contributed by atoms with van der Waals surface area (Å²) >= 11 is 11.8. The molecule has 5 heteroatoms. The van der Waals surface area contributed by atoms with Crippen molar-refractivity contribution in [2.75, 3.05) is 0 Å². The van der Waals surface area contributed by atoms with Crippen molar-refractivity contribution in [1.29, 1.82) is 0 Å². The average molecular weight is 301 g/mol. The van der Waals surface area contributed by atoms with Gasteiger partial charge in [-0.3, -0.25) is 4.79 Å². The Kier molecular flexibility index (Phi) is 5.58. The van der Waals surface area contributed by atoms with Crippen LogP contribution in [0.25, 0.3) is 6.08 Å². The fourth-order valence-corrected chi connectivity index (χ4v) is 1.72. The van der Waals surface area contributed by atoms with E-state index in [0.29, 0.717) is 15.6 Å². The predicted molar refractivity (Wildman–Crippen MR) is 76.3 cm³/mol. The van der Waals surface area contributed by atoms with Gasteiger partial charge in [0, 0.05) is 10.0 Å². The second-order valence-corrected chi connectivity index (χ2v) is 5.08. The lowest BCUT2D eigenvalue weighted by Crippen LogP contribution is -2.17. The molecule has 0 N–H and O–H groups in total. The molecule has 1 aromatic carbocycles. The first-order valence-corrected chi connectivity index (χ1v) is 6.45. The Morgan fingerprint density at radius 1 is 1.26 bits per heavy atom. The number of carbonyl (C=O) groups excluding carboxylic acids is 2. The van der Waals surface area contributed by atoms with E-state index in [4.69, 9.17) is 27.9 Å². The molecule has 19 heavy (non-hydrogen) atoms. The van der Waals surface area contributed by atoms with Crippen LogP contribution in [0.4, 0.5) is 0 Å². The van der Waals surface area contributed by atoms with Crippen molar-refractivity contribution in [3.05, 3.63) is 39.4 Å². The number of hydrogen-bond donors (Lipinski definition) is 0. The van der Waals surface area contributed by atoms with Crippen LogP contribution in [0.3, 0.4) is 0 Å². The van der Waals surface area contributed by atoms with E-state index in [9.17, 15) is 9.59 Å². The fraction of sp³-hybridized carbons (Fsp3) is 0.286. The number of benzene rings is 1. The summed E-state index contributed by atoms with van der Waals surface area (Å²) in [6, 6.07) is 4.80. The molecule has 1 aromatic rings. The number of hydrogen-bond acceptors (Lipinski definition) is 3. The molecule has 0 amide bonds. The smallest absolute Gasteiger partial charge is 0.342 e. The number of esters is 1. The molecule has 0 unspecified atom stereocenters. The molecule has 0 radical (unpaired) electrons. The predicted octanol–water partition coefficient (Wildman–Crippen LogP) is 3.92. The monoisotopic (exact) mass is 300 g/mol. The van der Waals surface area contributed by atoms with Crippen LogP contribution in [0.15, 0.2) is 23.8 Å². The van der Waals surface area contributed by atoms with Gasteiger partial charge in [-0.2, -0.15) is 0 Å². The van der Waals surface area contributed by atoms with Gasteiger partial charge in [0.25, 0.3) is 0 Å². The largest absolute Gasteiger partial charge is 0.459 e. The lowest BCUT2D eigenvalue weighted by atomic mass is 10.1. The van der Waals surface area contributed by atoms with Crippen LogP contribution in [-0.2, 0) is 14.3 Å². The zero-order chi connectivity index (χ0) is 14.6. The minimum absolute atomic E-state index is 0.0575. The molecule has 0 saturated carbocycles. The van der Waals surface area contributed by atoms with E-state index in [1.807, 2.05) is 0 Å². The maximum atomic E-state index is 11.8. The Hall–Kier alpha value is -1.32. The Morgan fingerprint density at radius 3 is 2.42 bits per heavy atom. The Morgan fingerprint density at radius 2 is 1.89 bits per heavy atom. The number of ether oxygens (including phenoxy) is 1. The van der Waals surface area contributed by atoms with Gasteiger partial charge < -0.3 is 4.74 Å². The number of halogens is 2. The van der Waals surface area contributed by atoms with Crippen molar-refractivity contribution >= 4 is 41.0 Å². The van der Waals surface area contributed by atoms with E-state index in [1.165, 1.54) is 13.0 Å². The molecule has 0 atom stereocenters. The average Bonchev–Trinajstić information content (AvgIpc) is 2.28. The van der Waals surface area contributed by atoms with Crippen LogP contribution < -0.4 is 0 Å². The molecule has 0 saturated heterocycles. The number of ketones is 1. The summed E-state index contributed by atoms with van der Waals surface area (Å²) < 4.78 is 5.01. The summed E-state index contributed by atoms with van der Waals surface area (Å²) in [7, 11) is 0. The lowest BCUT2D eigenvalue weighted by molar-refractivity contribution is -0.143. The summed E-state index contributed by atoms with van der Waals surface area (Å²) in [5.74, 6) is -1.06. The highest BCUT2D eigenvalue weighted by Crippen LogP contribution is 2.23. The van der Waals surface area contributed by atoms with Crippen molar-refractivity contribution in [2.45, 2.75) is 26.9 Å². The summed E-state index contributed by atoms with van der Waals surface area (Å²) in [6.07, 6.45) is 1.09. The molecule has 3 nitrogen and oxygen atoms in total. The highest BCUT2D eigenvalue weighted by molar-refractivity contribution is 6.34. The third kappa shape index (κ3) is 4.69. The van der Waals surface area contributed by atoms with Gasteiger partial charge in [-0.05, 0) is 50.6 Å². The quantitative estimate of drug-likeness (QED) is 0.366. The summed E-state index contributed by atoms with van der Waals surface area (Å²) in [6.45, 7) is 4.72. The van der Waals surface area contributed by atoms with Crippen molar-refractivity contribution in [3.8, 4) is 0 Å². The van der Waals surface area contributed by atoms with Crippen LogP contribution in [-0.4, -0.2) is 17.9 Å². The van der Waals surface area contributed by atoms with Crippen molar-refractivity contribution in [1.82, 2.24) is 0 Å². The third-order valence-corrected chi connectivity index (χ3v) is 2.78. The van der Waals surface area contributed by atoms with Gasteiger partial charge in [-0.25, -0.2) is 4.79 Å². The zero-order valence-corrected chi connectivity index (χ0v) is 12.4. The van der Waals surface area contributed by atoms with Gasteiger partial charge in [0.1, 0.15) is 5.57 Å². The normalized spacial score (nSPS) is 11.6. The Labute approximate surface area is 122 Å². The molecule has 0 heterocycles. The van der Waals surface area contributed by atoms with Crippen LogP contribution in [0.2, 0.25) is 10.0 Å². The summed E-state index contributed by atoms with van der Waals surface area (Å²) in [4.78, 5) is 23.3. The van der Waals surface area contributed by atoms with E-state index in [1.54, 1.807) is 32.0 Å². The molecule has 0 fully saturated rings. The molecule has 1 rings (SSSR count). The molecular weight excluding hydrogens is 287 g/mol. The number of Topliss-reactive ketones (excluding diaryl/α,β-unsaturated/α-hetero) is 1. The van der Waals surface area contributed by atoms with E-state index in [-0.39, 0.29) is 17.5 Å². The van der Waals surface area contributed by atoms with Crippen molar-refractivity contribution in [2.24, 2.45) is 0 Å². The van der Waals surface area contributed by atoms with E-state index in [0.717, 1.165) is 0 Å². The van der Waals surface area contributed by atoms with Crippen molar-refractivity contribution in [3.63, 3.8) is 0 Å². The highest BCUT2D eigenvalue weighted by atomic mass is 35.5. The minimum atomic E-state index is -0.668. The fourth-order valence-electron chi connectivity index (χ4n) is 1.36. The maximum absolute atomic E-state index is 11.8. The number of rotatable bonds is 4. The lowest BCUT2D eigenvalue weighted by Gasteiger charge is -2.09. The second kappa shape index (κ2) is 6.73.